The summed E-state index contributed by atoms with van der Waals surface area (Å²) in [6, 6.07) is 18.6. The van der Waals surface area contributed by atoms with Crippen LogP contribution in [0.4, 0.5) is 11.4 Å². The Labute approximate surface area is 285 Å². The molecule has 2 aliphatic heterocycles. The molecule has 4 aromatic rings. The molecule has 6 rings (SSSR count). The quantitative estimate of drug-likeness (QED) is 0.123. The summed E-state index contributed by atoms with van der Waals surface area (Å²) in [4.78, 5) is 40.9. The molecule has 12 heteroatoms. The van der Waals surface area contributed by atoms with Gasteiger partial charge in [-0.15, -0.1) is 0 Å². The van der Waals surface area contributed by atoms with Crippen LogP contribution in [-0.4, -0.2) is 90.8 Å². The van der Waals surface area contributed by atoms with Gasteiger partial charge in [0.05, 0.1) is 18.6 Å². The zero-order valence-electron chi connectivity index (χ0n) is 27.8. The number of aliphatic imine (C=N–C) groups is 1. The summed E-state index contributed by atoms with van der Waals surface area (Å²) in [6.07, 6.45) is 5.33. The molecule has 1 aromatic heterocycles. The zero-order valence-corrected chi connectivity index (χ0v) is 27.8. The molecule has 5 N–H and O–H groups in total. The first-order valence-corrected chi connectivity index (χ1v) is 16.4. The van der Waals surface area contributed by atoms with Gasteiger partial charge in [-0.2, -0.15) is 0 Å². The topological polar surface area (TPSA) is 168 Å². The Balaban J connectivity index is 1.04. The van der Waals surface area contributed by atoms with Crippen LogP contribution in [0, 0.1) is 17.7 Å². The number of fused-ring (bicyclic) bond motifs is 1. The summed E-state index contributed by atoms with van der Waals surface area (Å²) in [5.74, 6) is 0.788. The number of nitrogen functional groups attached to an aromatic ring is 1. The number of nitrogens with two attached hydrogens (primary N) is 1. The molecule has 252 valence electrons. The monoisotopic (exact) mass is 659 g/mol. The molecule has 1 fully saturated rings. The highest BCUT2D eigenvalue weighted by atomic mass is 16.3. The predicted molar refractivity (Wildman–Crippen MR) is 194 cm³/mol. The zero-order chi connectivity index (χ0) is 34.5. The van der Waals surface area contributed by atoms with Crippen molar-refractivity contribution in [2.45, 2.75) is 26.2 Å². The van der Waals surface area contributed by atoms with Crippen LogP contribution in [0.2, 0.25) is 0 Å². The van der Waals surface area contributed by atoms with Crippen molar-refractivity contribution in [3.8, 4) is 0 Å². The molecule has 49 heavy (non-hydrogen) atoms. The van der Waals surface area contributed by atoms with Gasteiger partial charge in [0.15, 0.2) is 17.3 Å². The number of rotatable bonds is 8. The molecule has 2 aliphatic rings. The molecule has 0 atom stereocenters. The highest BCUT2D eigenvalue weighted by Gasteiger charge is 2.25. The lowest BCUT2D eigenvalue weighted by Gasteiger charge is -2.32. The van der Waals surface area contributed by atoms with Gasteiger partial charge in [-0.1, -0.05) is 30.3 Å². The van der Waals surface area contributed by atoms with Crippen LogP contribution < -0.4 is 16.0 Å². The maximum Gasteiger partial charge on any atom is 0.237 e. The van der Waals surface area contributed by atoms with Gasteiger partial charge in [0, 0.05) is 81.2 Å². The second-order valence-corrected chi connectivity index (χ2v) is 12.3. The van der Waals surface area contributed by atoms with Crippen LogP contribution in [-0.2, 0) is 9.59 Å². The summed E-state index contributed by atoms with van der Waals surface area (Å²) in [5.41, 5.74) is 13.3. The molecule has 0 unspecified atom stereocenters. The fourth-order valence-electron chi connectivity index (χ4n) is 6.29. The SMILES string of the molecule is CN/C=N\C(=N)c1ccc(C2=CCN(C(=O)CN3CCCN(c4ccc(N)c(C(=N)c5ccc6oc(C)nc6c5)c4)C(=O)CC3)CC2)cc1. The van der Waals surface area contributed by atoms with Crippen molar-refractivity contribution in [3.05, 3.63) is 94.9 Å². The lowest BCUT2D eigenvalue weighted by molar-refractivity contribution is -0.132. The molecule has 0 aliphatic carbocycles. The number of anilines is 2. The standard InChI is InChI=1S/C37H41N9O3/c1-24-43-32-20-28(8-11-33(32)49-24)36(39)30-21-29(9-10-31(30)38)46-16-3-15-44(17-14-34(46)47)22-35(48)45-18-12-26(13-19-45)25-4-6-27(7-5-25)37(40)42-23-41-2/h4-12,20-21,23,39H,3,13-19,22,38H2,1-2H3,(H2,40,41,42). The summed E-state index contributed by atoms with van der Waals surface area (Å²) in [7, 11) is 1.74. The van der Waals surface area contributed by atoms with Crippen molar-refractivity contribution in [1.82, 2.24) is 20.1 Å². The molecular weight excluding hydrogens is 618 g/mol. The van der Waals surface area contributed by atoms with E-state index in [1.54, 1.807) is 31.0 Å². The molecular formula is C37H41N9O3. The Kier molecular flexibility index (Phi) is 9.95. The van der Waals surface area contributed by atoms with E-state index in [0.29, 0.717) is 78.6 Å². The van der Waals surface area contributed by atoms with Gasteiger partial charge >= 0.3 is 0 Å². The molecule has 12 nitrogen and oxygen atoms in total. The van der Waals surface area contributed by atoms with E-state index in [-0.39, 0.29) is 36.3 Å². The third kappa shape index (κ3) is 7.60. The Morgan fingerprint density at radius 1 is 1.02 bits per heavy atom. The van der Waals surface area contributed by atoms with E-state index in [0.717, 1.165) is 17.5 Å². The molecule has 1 saturated heterocycles. The van der Waals surface area contributed by atoms with Crippen molar-refractivity contribution in [2.24, 2.45) is 4.99 Å². The smallest absolute Gasteiger partial charge is 0.237 e. The third-order valence-corrected chi connectivity index (χ3v) is 8.97. The van der Waals surface area contributed by atoms with Gasteiger partial charge in [-0.25, -0.2) is 9.98 Å². The Morgan fingerprint density at radius 3 is 2.57 bits per heavy atom. The lowest BCUT2D eigenvalue weighted by atomic mass is 9.98. The van der Waals surface area contributed by atoms with Gasteiger partial charge in [0.1, 0.15) is 5.52 Å². The Bertz CT molecular complexity index is 1960. The molecule has 3 heterocycles. The number of amides is 2. The number of hydrogen-bond donors (Lipinski definition) is 4. The second kappa shape index (κ2) is 14.7. The van der Waals surface area contributed by atoms with Crippen LogP contribution in [0.3, 0.4) is 0 Å². The van der Waals surface area contributed by atoms with Crippen molar-refractivity contribution >= 4 is 57.7 Å². The van der Waals surface area contributed by atoms with Gasteiger partial charge in [-0.05, 0) is 60.4 Å². The highest BCUT2D eigenvalue weighted by Crippen LogP contribution is 2.27. The van der Waals surface area contributed by atoms with Gasteiger partial charge in [-0.3, -0.25) is 25.3 Å². The first-order chi connectivity index (χ1) is 23.7. The normalized spacial score (nSPS) is 16.0. The summed E-state index contributed by atoms with van der Waals surface area (Å²) in [6.45, 7) is 4.92. The Hall–Kier alpha value is -5.62. The number of oxazole rings is 1. The van der Waals surface area contributed by atoms with E-state index < -0.39 is 0 Å². The molecule has 0 radical (unpaired) electrons. The minimum absolute atomic E-state index is 0.0283. The second-order valence-electron chi connectivity index (χ2n) is 12.3. The van der Waals surface area contributed by atoms with E-state index >= 15 is 0 Å². The van der Waals surface area contributed by atoms with Crippen molar-refractivity contribution in [2.75, 3.05) is 56.9 Å². The number of nitrogens with one attached hydrogen (secondary N) is 3. The number of aryl methyl sites for hydroxylation is 1. The number of amidine groups is 1. The molecule has 2 amide bonds. The van der Waals surface area contributed by atoms with Crippen LogP contribution in [0.1, 0.15) is 47.4 Å². The maximum absolute atomic E-state index is 13.4. The minimum atomic E-state index is -0.0283. The summed E-state index contributed by atoms with van der Waals surface area (Å²) in [5, 5.41) is 19.7. The molecule has 0 spiro atoms. The van der Waals surface area contributed by atoms with Crippen LogP contribution in [0.15, 0.2) is 76.1 Å². The predicted octanol–water partition coefficient (Wildman–Crippen LogP) is 4.45. The van der Waals surface area contributed by atoms with Gasteiger partial charge in [0.25, 0.3) is 0 Å². The maximum atomic E-state index is 13.4. The number of nitrogens with zero attached hydrogens (tertiary/aromatic N) is 5. The number of carbonyl (C=O) groups excluding carboxylic acids is 2. The van der Waals surface area contributed by atoms with E-state index in [1.165, 1.54) is 11.9 Å². The molecule has 0 saturated carbocycles. The first kappa shape index (κ1) is 33.3. The molecule has 3 aromatic carbocycles. The lowest BCUT2D eigenvalue weighted by Crippen LogP contribution is -2.46. The average Bonchev–Trinajstić information content (AvgIpc) is 3.49. The van der Waals surface area contributed by atoms with Crippen molar-refractivity contribution < 1.29 is 14.0 Å². The third-order valence-electron chi connectivity index (χ3n) is 8.97. The minimum Gasteiger partial charge on any atom is -0.441 e. The molecule has 0 bridgehead atoms. The number of hydrogen-bond acceptors (Lipinski definition) is 8. The van der Waals surface area contributed by atoms with Crippen LogP contribution in [0.5, 0.6) is 0 Å². The largest absolute Gasteiger partial charge is 0.441 e. The number of aromatic nitrogens is 1. The van der Waals surface area contributed by atoms with Crippen molar-refractivity contribution in [1.29, 1.82) is 10.8 Å². The van der Waals surface area contributed by atoms with Crippen LogP contribution >= 0.6 is 0 Å². The fraction of sp³-hybridized carbons (Fsp3) is 0.297. The number of benzene rings is 3. The van der Waals surface area contributed by atoms with Crippen molar-refractivity contribution in [3.63, 3.8) is 0 Å². The van der Waals surface area contributed by atoms with Crippen LogP contribution in [0.25, 0.3) is 16.7 Å². The summed E-state index contributed by atoms with van der Waals surface area (Å²) < 4.78 is 5.57. The van der Waals surface area contributed by atoms with Gasteiger partial charge in [0.2, 0.25) is 11.8 Å². The fourth-order valence-corrected chi connectivity index (χ4v) is 6.29. The van der Waals surface area contributed by atoms with E-state index in [9.17, 15) is 9.59 Å². The average molecular weight is 660 g/mol. The van der Waals surface area contributed by atoms with Gasteiger partial charge < -0.3 is 25.3 Å². The highest BCUT2D eigenvalue weighted by molar-refractivity contribution is 6.15. The van der Waals surface area contributed by atoms with E-state index in [2.05, 4.69) is 26.3 Å². The van der Waals surface area contributed by atoms with E-state index in [4.69, 9.17) is 21.0 Å². The van der Waals surface area contributed by atoms with E-state index in [1.807, 2.05) is 53.4 Å². The first-order valence-electron chi connectivity index (χ1n) is 16.4. The Morgan fingerprint density at radius 2 is 1.82 bits per heavy atom. The number of carbonyl (C=O) groups is 2. The summed E-state index contributed by atoms with van der Waals surface area (Å²) >= 11 is 0.